The molecule has 1 N–H and O–H groups in total. The van der Waals surface area contributed by atoms with Crippen molar-refractivity contribution in [2.24, 2.45) is 0 Å². The van der Waals surface area contributed by atoms with Crippen LogP contribution in [0.4, 0.5) is 5.69 Å². The van der Waals surface area contributed by atoms with Crippen LogP contribution in [0.1, 0.15) is 5.56 Å². The fourth-order valence-electron chi connectivity index (χ4n) is 0.820. The number of aliphatic carboxylic acids is 1. The molecule has 0 heterocycles. The van der Waals surface area contributed by atoms with E-state index in [0.29, 0.717) is 5.69 Å². The molecule has 13 heavy (non-hydrogen) atoms. The van der Waals surface area contributed by atoms with Gasteiger partial charge in [-0.1, -0.05) is 0 Å². The second-order valence-corrected chi connectivity index (χ2v) is 2.36. The third-order valence-electron chi connectivity index (χ3n) is 1.43. The van der Waals surface area contributed by atoms with Crippen LogP contribution in [0, 0.1) is 5.39 Å². The summed E-state index contributed by atoms with van der Waals surface area (Å²) in [5, 5.41) is 16.7. The monoisotopic (exact) mass is 175 g/mol. The Hall–Kier alpha value is -2.15. The van der Waals surface area contributed by atoms with Crippen molar-refractivity contribution in [2.45, 2.75) is 0 Å². The second kappa shape index (κ2) is 4.02. The maximum Gasteiger partial charge on any atom is 0.385 e. The van der Waals surface area contributed by atoms with Gasteiger partial charge in [0.1, 0.15) is 0 Å². The van der Waals surface area contributed by atoms with E-state index in [1.165, 1.54) is 6.08 Å². The first-order valence-electron chi connectivity index (χ1n) is 3.58. The molecule has 4 heteroatoms. The molecule has 0 spiro atoms. The number of carboxylic acids is 1. The van der Waals surface area contributed by atoms with E-state index in [0.717, 1.165) is 11.6 Å². The van der Waals surface area contributed by atoms with Crippen LogP contribution in [0.3, 0.4) is 0 Å². The van der Waals surface area contributed by atoms with Crippen LogP contribution in [0.25, 0.3) is 11.1 Å². The molecule has 1 rings (SSSR count). The minimum absolute atomic E-state index is 0.437. The van der Waals surface area contributed by atoms with Gasteiger partial charge in [-0.2, -0.15) is 0 Å². The highest BCUT2D eigenvalue weighted by molar-refractivity contribution is 5.85. The summed E-state index contributed by atoms with van der Waals surface area (Å²) in [6.07, 6.45) is 2.51. The molecule has 0 radical (unpaired) electrons. The third kappa shape index (κ3) is 2.75. The van der Waals surface area contributed by atoms with E-state index >= 15 is 0 Å². The fraction of sp³-hybridized carbons (Fsp3) is 0. The molecule has 0 atom stereocenters. The van der Waals surface area contributed by atoms with Gasteiger partial charge in [-0.05, 0) is 23.8 Å². The molecule has 0 bridgehead atoms. The van der Waals surface area contributed by atoms with E-state index < -0.39 is 5.97 Å². The first kappa shape index (κ1) is 8.94. The number of hydrogen-bond donors (Lipinski definition) is 1. The van der Waals surface area contributed by atoms with Crippen molar-refractivity contribution in [2.75, 3.05) is 0 Å². The van der Waals surface area contributed by atoms with Crippen molar-refractivity contribution in [3.05, 3.63) is 40.9 Å². The van der Waals surface area contributed by atoms with E-state index in [1.807, 2.05) is 0 Å². The van der Waals surface area contributed by atoms with Gasteiger partial charge in [0, 0.05) is 18.2 Å². The van der Waals surface area contributed by atoms with Gasteiger partial charge in [0.15, 0.2) is 4.98 Å². The molecule has 0 saturated heterocycles. The summed E-state index contributed by atoms with van der Waals surface area (Å²) in [5.41, 5.74) is 1.18. The van der Waals surface area contributed by atoms with Crippen LogP contribution in [0.15, 0.2) is 30.3 Å². The topological polar surface area (TPSA) is 65.5 Å². The van der Waals surface area contributed by atoms with Crippen molar-refractivity contribution in [3.63, 3.8) is 0 Å². The second-order valence-electron chi connectivity index (χ2n) is 2.36. The van der Waals surface area contributed by atoms with Crippen LogP contribution >= 0.6 is 0 Å². The zero-order valence-corrected chi connectivity index (χ0v) is 6.71. The summed E-state index contributed by atoms with van der Waals surface area (Å²) < 4.78 is 0. The Kier molecular flexibility index (Phi) is 2.77. The summed E-state index contributed by atoms with van der Waals surface area (Å²) in [6.45, 7) is 0. The SMILES string of the molecule is N#[N+]c1ccc(/C=C/C(=O)O)cc1. The largest absolute Gasteiger partial charge is 0.478 e. The smallest absolute Gasteiger partial charge is 0.385 e. The third-order valence-corrected chi connectivity index (χ3v) is 1.43. The minimum Gasteiger partial charge on any atom is -0.478 e. The van der Waals surface area contributed by atoms with Gasteiger partial charge in [0.25, 0.3) is 0 Å². The Balaban J connectivity index is 2.82. The zero-order chi connectivity index (χ0) is 9.68. The number of rotatable bonds is 2. The van der Waals surface area contributed by atoms with E-state index in [2.05, 4.69) is 4.98 Å². The summed E-state index contributed by atoms with van der Waals surface area (Å²) >= 11 is 0. The van der Waals surface area contributed by atoms with Gasteiger partial charge in [0.2, 0.25) is 5.39 Å². The Morgan fingerprint density at radius 3 is 2.46 bits per heavy atom. The van der Waals surface area contributed by atoms with Crippen molar-refractivity contribution in [3.8, 4) is 0 Å². The lowest BCUT2D eigenvalue weighted by Gasteiger charge is -1.86. The summed E-state index contributed by atoms with van der Waals surface area (Å²) in [6, 6.07) is 6.49. The van der Waals surface area contributed by atoms with E-state index in [9.17, 15) is 4.79 Å². The van der Waals surface area contributed by atoms with E-state index in [1.54, 1.807) is 24.3 Å². The standard InChI is InChI=1S/C9H6N2O2/c10-11-8-4-1-7(2-5-8)3-6-9(12)13/h1-6H/p+1/b6-3+. The Labute approximate surface area is 74.8 Å². The quantitative estimate of drug-likeness (QED) is 0.553. The number of carbonyl (C=O) groups is 1. The van der Waals surface area contributed by atoms with Crippen LogP contribution in [-0.2, 0) is 4.79 Å². The van der Waals surface area contributed by atoms with Crippen LogP contribution in [0.5, 0.6) is 0 Å². The molecular formula is C9H7N2O2+. The summed E-state index contributed by atoms with van der Waals surface area (Å²) in [5.74, 6) is -0.990. The maximum atomic E-state index is 10.2. The Morgan fingerprint density at radius 2 is 2.00 bits per heavy atom. The van der Waals surface area contributed by atoms with Crippen molar-refractivity contribution >= 4 is 17.7 Å². The van der Waals surface area contributed by atoms with Crippen LogP contribution in [0.2, 0.25) is 0 Å². The van der Waals surface area contributed by atoms with Crippen molar-refractivity contribution < 1.29 is 9.90 Å². The molecule has 0 aliphatic rings. The molecule has 1 aromatic carbocycles. The van der Waals surface area contributed by atoms with E-state index in [-0.39, 0.29) is 0 Å². The fourth-order valence-corrected chi connectivity index (χ4v) is 0.820. The molecule has 0 unspecified atom stereocenters. The van der Waals surface area contributed by atoms with E-state index in [4.69, 9.17) is 10.5 Å². The van der Waals surface area contributed by atoms with Gasteiger partial charge < -0.3 is 5.11 Å². The van der Waals surface area contributed by atoms with Gasteiger partial charge >= 0.3 is 11.7 Å². The molecule has 4 nitrogen and oxygen atoms in total. The number of benzene rings is 1. The highest BCUT2D eigenvalue weighted by Crippen LogP contribution is 2.13. The van der Waals surface area contributed by atoms with Gasteiger partial charge in [-0.3, -0.25) is 0 Å². The lowest BCUT2D eigenvalue weighted by atomic mass is 10.2. The Morgan fingerprint density at radius 1 is 1.38 bits per heavy atom. The molecule has 0 aliphatic carbocycles. The molecule has 0 aliphatic heterocycles. The average Bonchev–Trinajstić information content (AvgIpc) is 2.15. The van der Waals surface area contributed by atoms with Crippen molar-refractivity contribution in [1.82, 2.24) is 0 Å². The predicted octanol–water partition coefficient (Wildman–Crippen LogP) is 2.27. The van der Waals surface area contributed by atoms with Crippen molar-refractivity contribution in [1.29, 1.82) is 5.39 Å². The van der Waals surface area contributed by atoms with Gasteiger partial charge in [-0.15, -0.1) is 0 Å². The average molecular weight is 175 g/mol. The molecule has 0 amide bonds. The first-order valence-corrected chi connectivity index (χ1v) is 3.58. The highest BCUT2D eigenvalue weighted by Gasteiger charge is 2.00. The maximum absolute atomic E-state index is 10.2. The molecule has 0 fully saturated rings. The first-order chi connectivity index (χ1) is 6.22. The minimum atomic E-state index is -0.990. The number of carboxylic acid groups (broad SMARTS) is 1. The lowest BCUT2D eigenvalue weighted by molar-refractivity contribution is -0.131. The normalized spacial score (nSPS) is 9.77. The zero-order valence-electron chi connectivity index (χ0n) is 6.71. The van der Waals surface area contributed by atoms with Crippen LogP contribution in [-0.4, -0.2) is 11.1 Å². The predicted molar refractivity (Wildman–Crippen MR) is 47.9 cm³/mol. The Bertz CT molecular complexity index is 374. The number of diazo groups is 1. The molecule has 64 valence electrons. The lowest BCUT2D eigenvalue weighted by Crippen LogP contribution is -1.85. The molecular weight excluding hydrogens is 168 g/mol. The summed E-state index contributed by atoms with van der Waals surface area (Å²) in [4.78, 5) is 13.1. The molecule has 0 saturated carbocycles. The van der Waals surface area contributed by atoms with Gasteiger partial charge in [-0.25, -0.2) is 4.79 Å². The summed E-state index contributed by atoms with van der Waals surface area (Å²) in [7, 11) is 0. The number of nitrogens with zero attached hydrogens (tertiary/aromatic N) is 2. The highest BCUT2D eigenvalue weighted by atomic mass is 16.4. The number of hydrogen-bond acceptors (Lipinski definition) is 2. The van der Waals surface area contributed by atoms with Crippen LogP contribution < -0.4 is 0 Å². The molecule has 1 aromatic rings. The molecule has 0 aromatic heterocycles. The van der Waals surface area contributed by atoms with Gasteiger partial charge in [0.05, 0.1) is 0 Å².